The number of carbonyl (C=O) groups excluding carboxylic acids is 3. The molecule has 6 nitrogen and oxygen atoms in total. The Balaban J connectivity index is 0.00000121. The Morgan fingerprint density at radius 3 is 2.41 bits per heavy atom. The standard InChI is InChI=1S/C25H31F3O5S.C2H6O/c1-5-20(31)33-25(21(32)34-12-26)13(2)8-15-16-10-18(27)17-9-14(29)6-7-22(17,3)24(16,28)19(30)11-23(15,25)4;1-2-3/h6-7,9,13,15-16,18-19,30H,5,8,10-12H2,1-4H3;3H,2H2,1H3/t13-,15+,16+,18+,19+,22+,23+,24+,25+;/m1./s1. The number of ether oxygens (including phenoxy) is 1. The number of ketones is 1. The lowest BCUT2D eigenvalue weighted by atomic mass is 9.44. The number of aliphatic hydroxyl groups is 2. The van der Waals surface area contributed by atoms with Crippen LogP contribution >= 0.6 is 11.8 Å². The summed E-state index contributed by atoms with van der Waals surface area (Å²) in [4.78, 5) is 37.8. The van der Waals surface area contributed by atoms with Crippen molar-refractivity contribution in [2.24, 2.45) is 28.6 Å². The number of thioether (sulfide) groups is 1. The van der Waals surface area contributed by atoms with Crippen molar-refractivity contribution in [1.82, 2.24) is 0 Å². The van der Waals surface area contributed by atoms with E-state index in [1.807, 2.05) is 0 Å². The topological polar surface area (TPSA) is 101 Å². The summed E-state index contributed by atoms with van der Waals surface area (Å²) in [6.45, 7) is 8.38. The molecule has 0 aromatic rings. The summed E-state index contributed by atoms with van der Waals surface area (Å²) in [6.07, 6.45) is 0.160. The second kappa shape index (κ2) is 10.5. The van der Waals surface area contributed by atoms with Crippen molar-refractivity contribution in [3.05, 3.63) is 23.8 Å². The lowest BCUT2D eigenvalue weighted by Crippen LogP contribution is -2.70. The molecule has 10 heteroatoms. The Morgan fingerprint density at radius 1 is 1.22 bits per heavy atom. The Bertz CT molecular complexity index is 1000. The third-order valence-electron chi connectivity index (χ3n) is 9.22. The van der Waals surface area contributed by atoms with E-state index in [9.17, 15) is 23.9 Å². The first-order valence-electron chi connectivity index (χ1n) is 12.8. The fourth-order valence-corrected chi connectivity index (χ4v) is 8.42. The number of carbonyl (C=O) groups is 3. The van der Waals surface area contributed by atoms with E-state index < -0.39 is 75.0 Å². The predicted octanol–water partition coefficient (Wildman–Crippen LogP) is 4.43. The van der Waals surface area contributed by atoms with Gasteiger partial charge in [0.1, 0.15) is 12.2 Å². The van der Waals surface area contributed by atoms with Crippen LogP contribution in [0.15, 0.2) is 23.8 Å². The van der Waals surface area contributed by atoms with E-state index in [1.54, 1.807) is 27.7 Å². The van der Waals surface area contributed by atoms with E-state index >= 15 is 8.78 Å². The summed E-state index contributed by atoms with van der Waals surface area (Å²) >= 11 is 0.396. The number of hydrogen-bond acceptors (Lipinski definition) is 7. The average molecular weight is 547 g/mol. The molecule has 4 aliphatic carbocycles. The zero-order valence-corrected chi connectivity index (χ0v) is 22.7. The molecular formula is C27H37F3O6S. The molecule has 0 bridgehead atoms. The van der Waals surface area contributed by atoms with Gasteiger partial charge in [-0.1, -0.05) is 26.8 Å². The zero-order valence-electron chi connectivity index (χ0n) is 21.9. The van der Waals surface area contributed by atoms with Gasteiger partial charge in [0.05, 0.1) is 6.10 Å². The summed E-state index contributed by atoms with van der Waals surface area (Å²) in [5.41, 5.74) is -6.84. The van der Waals surface area contributed by atoms with Gasteiger partial charge in [0.2, 0.25) is 5.12 Å². The van der Waals surface area contributed by atoms with Gasteiger partial charge in [-0.15, -0.1) is 0 Å². The second-order valence-corrected chi connectivity index (χ2v) is 11.8. The predicted molar refractivity (Wildman–Crippen MR) is 134 cm³/mol. The normalized spacial score (nSPS) is 44.0. The van der Waals surface area contributed by atoms with E-state index in [0.717, 1.165) is 6.08 Å². The Morgan fingerprint density at radius 2 is 1.84 bits per heavy atom. The number of alkyl halides is 3. The molecule has 0 aliphatic heterocycles. The van der Waals surface area contributed by atoms with Gasteiger partial charge in [-0.3, -0.25) is 14.4 Å². The van der Waals surface area contributed by atoms with Crippen molar-refractivity contribution in [3.63, 3.8) is 0 Å². The molecule has 3 fully saturated rings. The van der Waals surface area contributed by atoms with Gasteiger partial charge in [0.25, 0.3) is 0 Å². The van der Waals surface area contributed by atoms with Gasteiger partial charge < -0.3 is 14.9 Å². The summed E-state index contributed by atoms with van der Waals surface area (Å²) in [6, 6.07) is -1.02. The third kappa shape index (κ3) is 4.13. The molecule has 4 aliphatic rings. The second-order valence-electron chi connectivity index (χ2n) is 10.9. The van der Waals surface area contributed by atoms with Crippen LogP contribution in [0, 0.1) is 28.6 Å². The monoisotopic (exact) mass is 546 g/mol. The number of rotatable bonds is 4. The average Bonchev–Trinajstić information content (AvgIpc) is 3.05. The van der Waals surface area contributed by atoms with Crippen molar-refractivity contribution >= 4 is 28.6 Å². The lowest BCUT2D eigenvalue weighted by molar-refractivity contribution is -0.228. The van der Waals surface area contributed by atoms with Crippen molar-refractivity contribution in [1.29, 1.82) is 0 Å². The maximum absolute atomic E-state index is 17.2. The van der Waals surface area contributed by atoms with E-state index in [-0.39, 0.29) is 37.9 Å². The zero-order chi connectivity index (χ0) is 28.0. The van der Waals surface area contributed by atoms with Gasteiger partial charge in [-0.05, 0) is 68.5 Å². The highest BCUT2D eigenvalue weighted by Gasteiger charge is 2.78. The van der Waals surface area contributed by atoms with Gasteiger partial charge in [-0.25, -0.2) is 13.2 Å². The maximum atomic E-state index is 17.2. The van der Waals surface area contributed by atoms with Crippen LogP contribution in [-0.4, -0.2) is 63.2 Å². The Kier molecular flexibility index (Phi) is 8.48. The Hall–Kier alpha value is -1.65. The van der Waals surface area contributed by atoms with Crippen LogP contribution in [0.4, 0.5) is 13.2 Å². The number of fused-ring (bicyclic) bond motifs is 5. The molecule has 9 atom stereocenters. The van der Waals surface area contributed by atoms with Crippen molar-refractivity contribution in [3.8, 4) is 0 Å². The van der Waals surface area contributed by atoms with Crippen LogP contribution in [0.25, 0.3) is 0 Å². The first kappa shape index (κ1) is 29.9. The fourth-order valence-electron chi connectivity index (χ4n) is 7.63. The molecule has 2 N–H and O–H groups in total. The summed E-state index contributed by atoms with van der Waals surface area (Å²) in [7, 11) is 0. The van der Waals surface area contributed by atoms with Crippen molar-refractivity contribution < 1.29 is 42.5 Å². The molecule has 0 saturated heterocycles. The molecule has 208 valence electrons. The van der Waals surface area contributed by atoms with Crippen LogP contribution in [0.1, 0.15) is 60.3 Å². The minimum absolute atomic E-state index is 0.0141. The van der Waals surface area contributed by atoms with Crippen molar-refractivity contribution in [2.45, 2.75) is 83.8 Å². The van der Waals surface area contributed by atoms with Gasteiger partial charge in [-0.2, -0.15) is 0 Å². The molecular weight excluding hydrogens is 509 g/mol. The fraction of sp³-hybridized carbons (Fsp3) is 0.741. The number of allylic oxidation sites excluding steroid dienone is 4. The van der Waals surface area contributed by atoms with Crippen LogP contribution in [0.5, 0.6) is 0 Å². The SMILES string of the molecule is CCC(=O)O[C@]1(C(=O)SCF)[C@H](C)C[C@H]2[C@@H]3C[C@H](F)C4=CC(=O)C=C[C@]4(C)[C@@]3(F)[C@@H](O)C[C@@]21C.CCO. The highest BCUT2D eigenvalue weighted by atomic mass is 32.2. The van der Waals surface area contributed by atoms with Crippen LogP contribution in [0.3, 0.4) is 0 Å². The molecule has 4 rings (SSSR count). The van der Waals surface area contributed by atoms with E-state index in [2.05, 4.69) is 0 Å². The van der Waals surface area contributed by atoms with E-state index in [1.165, 1.54) is 19.1 Å². The van der Waals surface area contributed by atoms with Crippen molar-refractivity contribution in [2.75, 3.05) is 12.6 Å². The molecule has 3 saturated carbocycles. The minimum Gasteiger partial charge on any atom is -0.449 e. The van der Waals surface area contributed by atoms with Crippen LogP contribution in [0.2, 0.25) is 0 Å². The first-order valence-corrected chi connectivity index (χ1v) is 13.8. The number of esters is 1. The number of hydrogen-bond donors (Lipinski definition) is 2. The molecule has 0 heterocycles. The highest BCUT2D eigenvalue weighted by molar-refractivity contribution is 8.13. The molecule has 0 aromatic carbocycles. The van der Waals surface area contributed by atoms with Crippen LogP contribution < -0.4 is 0 Å². The maximum Gasteiger partial charge on any atom is 0.306 e. The molecule has 0 aromatic heterocycles. The smallest absolute Gasteiger partial charge is 0.306 e. The van der Waals surface area contributed by atoms with Gasteiger partial charge >= 0.3 is 5.97 Å². The Labute approximate surface area is 220 Å². The molecule has 0 amide bonds. The number of halogens is 3. The summed E-state index contributed by atoms with van der Waals surface area (Å²) in [5.74, 6) is -3.30. The van der Waals surface area contributed by atoms with Gasteiger partial charge in [0, 0.05) is 35.7 Å². The van der Waals surface area contributed by atoms with E-state index in [0.29, 0.717) is 11.8 Å². The third-order valence-corrected chi connectivity index (χ3v) is 9.90. The van der Waals surface area contributed by atoms with Crippen LogP contribution in [-0.2, 0) is 19.1 Å². The molecule has 37 heavy (non-hydrogen) atoms. The first-order chi connectivity index (χ1) is 17.2. The minimum atomic E-state index is -2.30. The van der Waals surface area contributed by atoms with E-state index in [4.69, 9.17) is 9.84 Å². The molecule has 0 unspecified atom stereocenters. The molecule has 0 spiro atoms. The summed E-state index contributed by atoms with van der Waals surface area (Å²) < 4.78 is 51.8. The lowest BCUT2D eigenvalue weighted by Gasteiger charge is -2.63. The quantitative estimate of drug-likeness (QED) is 0.503. The molecule has 0 radical (unpaired) electrons. The summed E-state index contributed by atoms with van der Waals surface area (Å²) in [5, 5.41) is 18.3. The van der Waals surface area contributed by atoms with Gasteiger partial charge in [0.15, 0.2) is 17.1 Å². The number of aliphatic hydroxyl groups excluding tert-OH is 2. The largest absolute Gasteiger partial charge is 0.449 e. The highest BCUT2D eigenvalue weighted by Crippen LogP contribution is 2.72.